The molecule has 19 nitrogen and oxygen atoms in total. The van der Waals surface area contributed by atoms with Crippen molar-refractivity contribution in [1.29, 1.82) is 0 Å². The molecule has 0 saturated carbocycles. The van der Waals surface area contributed by atoms with Gasteiger partial charge in [0.2, 0.25) is 0 Å². The average molecular weight is 881 g/mol. The summed E-state index contributed by atoms with van der Waals surface area (Å²) in [5.74, 6) is -6.01. The van der Waals surface area contributed by atoms with Crippen LogP contribution in [0.1, 0.15) is 101 Å². The molecule has 0 aliphatic carbocycles. The van der Waals surface area contributed by atoms with Gasteiger partial charge in [-0.3, -0.25) is 4.79 Å². The second kappa shape index (κ2) is 22.7. The van der Waals surface area contributed by atoms with Crippen molar-refractivity contribution < 1.29 is 83.7 Å². The van der Waals surface area contributed by atoms with Crippen LogP contribution in [0, 0.1) is 17.8 Å². The maximum Gasteiger partial charge on any atom is 0.311 e. The standard InChI is InChI=1S/C38H72N2O12.C4H6O5/c1-15-27-38(10,46)31(42)24(6)40(13)19-20(2)17-36(8,45)33(52-35-29(41)26(39(11)12)16-21(3)48-35)22(4)30(23(5)34(44)50-27)51-28-18-37(9,47-14)32(43)25(7)49-28;5-2(4(8)9)1-3(6)7/h20-33,35,41-43,45-46H,15-19H2,1-14H3;2,5H,1H2,(H,6,7)(H,8,9)/p-2/t20-,21-,22+,23-,24-,25+,26+,27-,28+,29-,30+,31-,32+,33-,35+,36-,37-,38-;/m1./s1. The second-order valence-electron chi connectivity index (χ2n) is 18.6. The van der Waals surface area contributed by atoms with E-state index in [0.29, 0.717) is 13.0 Å². The maximum absolute atomic E-state index is 14.2. The van der Waals surface area contributed by atoms with E-state index in [1.807, 2.05) is 51.7 Å². The predicted molar refractivity (Wildman–Crippen MR) is 215 cm³/mol. The molecule has 0 aromatic heterocycles. The number of esters is 1. The number of aliphatic carboxylic acids is 2. The quantitative estimate of drug-likeness (QED) is 0.131. The van der Waals surface area contributed by atoms with Gasteiger partial charge in [-0.25, -0.2) is 0 Å². The van der Waals surface area contributed by atoms with Crippen molar-refractivity contribution in [1.82, 2.24) is 9.80 Å². The second-order valence-corrected chi connectivity index (χ2v) is 18.6. The summed E-state index contributed by atoms with van der Waals surface area (Å²) in [4.78, 5) is 37.2. The number of aliphatic hydroxyl groups excluding tert-OH is 4. The molecule has 0 amide bonds. The predicted octanol–water partition coefficient (Wildman–Crippen LogP) is -1.86. The van der Waals surface area contributed by atoms with Gasteiger partial charge in [0.15, 0.2) is 12.6 Å². The summed E-state index contributed by atoms with van der Waals surface area (Å²) in [5.41, 5.74) is -4.37. The minimum atomic E-state index is -1.96. The van der Waals surface area contributed by atoms with E-state index in [2.05, 4.69) is 0 Å². The Morgan fingerprint density at radius 2 is 1.56 bits per heavy atom. The number of ether oxygens (including phenoxy) is 6. The lowest BCUT2D eigenvalue weighted by atomic mass is 9.77. The number of hydrogen-bond acceptors (Lipinski definition) is 19. The monoisotopic (exact) mass is 881 g/mol. The highest BCUT2D eigenvalue weighted by Gasteiger charge is 2.52. The fraction of sp³-hybridized carbons (Fsp3) is 0.929. The first-order valence-electron chi connectivity index (χ1n) is 21.3. The molecule has 3 aliphatic heterocycles. The highest BCUT2D eigenvalue weighted by Crippen LogP contribution is 2.40. The lowest BCUT2D eigenvalue weighted by Gasteiger charge is -2.48. The van der Waals surface area contributed by atoms with Crippen molar-refractivity contribution in [3.05, 3.63) is 0 Å². The van der Waals surface area contributed by atoms with Crippen LogP contribution >= 0.6 is 0 Å². The fourth-order valence-corrected chi connectivity index (χ4v) is 8.98. The van der Waals surface area contributed by atoms with Gasteiger partial charge in [-0.15, -0.1) is 0 Å². The van der Waals surface area contributed by atoms with E-state index >= 15 is 0 Å². The van der Waals surface area contributed by atoms with Gasteiger partial charge in [0, 0.05) is 50.5 Å². The molecule has 3 saturated heterocycles. The third-order valence-corrected chi connectivity index (χ3v) is 12.8. The molecule has 3 rings (SSSR count). The topological polar surface area (TPSA) is 281 Å². The molecule has 19 heteroatoms. The Morgan fingerprint density at radius 1 is 0.967 bits per heavy atom. The van der Waals surface area contributed by atoms with E-state index in [-0.39, 0.29) is 37.3 Å². The minimum absolute atomic E-state index is 0.133. The van der Waals surface area contributed by atoms with Gasteiger partial charge in [0.25, 0.3) is 0 Å². The van der Waals surface area contributed by atoms with Crippen molar-refractivity contribution in [3.63, 3.8) is 0 Å². The number of carboxylic acid groups (broad SMARTS) is 2. The van der Waals surface area contributed by atoms with Crippen LogP contribution in [0.15, 0.2) is 0 Å². The lowest BCUT2D eigenvalue weighted by molar-refractivity contribution is -0.323. The highest BCUT2D eigenvalue weighted by molar-refractivity contribution is 5.77. The molecule has 0 aromatic carbocycles. The van der Waals surface area contributed by atoms with Gasteiger partial charge >= 0.3 is 5.97 Å². The Hall–Kier alpha value is -2.11. The zero-order valence-electron chi connectivity index (χ0n) is 38.5. The van der Waals surface area contributed by atoms with Crippen molar-refractivity contribution in [2.45, 2.75) is 198 Å². The molecule has 1 unspecified atom stereocenters. The van der Waals surface area contributed by atoms with Crippen LogP contribution < -0.4 is 10.2 Å². The molecule has 61 heavy (non-hydrogen) atoms. The molecule has 3 heterocycles. The van der Waals surface area contributed by atoms with Crippen LogP contribution in [0.25, 0.3) is 0 Å². The number of carboxylic acids is 2. The van der Waals surface area contributed by atoms with Crippen molar-refractivity contribution in [2.24, 2.45) is 17.8 Å². The van der Waals surface area contributed by atoms with Crippen molar-refractivity contribution >= 4 is 17.9 Å². The fourth-order valence-electron chi connectivity index (χ4n) is 8.98. The molecule has 3 fully saturated rings. The number of rotatable bonds is 10. The first kappa shape index (κ1) is 55.0. The van der Waals surface area contributed by atoms with Crippen LogP contribution in [0.5, 0.6) is 0 Å². The molecule has 0 spiro atoms. The number of aliphatic hydroxyl groups is 6. The molecule has 3 aliphatic rings. The van der Waals surface area contributed by atoms with Gasteiger partial charge in [0.05, 0.1) is 53.6 Å². The molecule has 0 aromatic rings. The van der Waals surface area contributed by atoms with Gasteiger partial charge in [-0.1, -0.05) is 20.8 Å². The molecule has 0 radical (unpaired) electrons. The van der Waals surface area contributed by atoms with E-state index in [9.17, 15) is 50.1 Å². The summed E-state index contributed by atoms with van der Waals surface area (Å²) >= 11 is 0. The van der Waals surface area contributed by atoms with Crippen LogP contribution in [-0.4, -0.2) is 190 Å². The molecule has 19 atom stereocenters. The number of carbonyl (C=O) groups is 3. The summed E-state index contributed by atoms with van der Waals surface area (Å²) in [5, 5.41) is 85.5. The van der Waals surface area contributed by atoms with E-state index in [1.165, 1.54) is 14.0 Å². The van der Waals surface area contributed by atoms with E-state index in [0.717, 1.165) is 0 Å². The largest absolute Gasteiger partial charge is 0.550 e. The Bertz CT molecular complexity index is 1400. The molecular weight excluding hydrogens is 804 g/mol. The van der Waals surface area contributed by atoms with Crippen LogP contribution in [0.3, 0.4) is 0 Å². The number of hydrogen-bond donors (Lipinski definition) is 6. The number of carbonyl (C=O) groups excluding carboxylic acids is 3. The summed E-state index contributed by atoms with van der Waals surface area (Å²) in [6.45, 7) is 18.0. The lowest BCUT2D eigenvalue weighted by Crippen LogP contribution is -2.60. The Morgan fingerprint density at radius 3 is 2.05 bits per heavy atom. The molecule has 0 bridgehead atoms. The smallest absolute Gasteiger partial charge is 0.311 e. The Kier molecular flexibility index (Phi) is 20.5. The SMILES string of the molecule is CC[C@H]1OC(=O)[C@H](C)[C@@H](O[C@H]2C[C@@](C)(OC)[C@@H](O)[C@H](C)O2)[C@H](C)[C@@H](O[C@@H]2O[C@H](C)C[C@H](N(C)C)[C@H]2O)[C@](C)(O)C[C@@H](C)CN(C)[C@H](C)[C@@H](O)[C@]1(C)O.O=C([O-])CC(O)C(=O)[O-]. The van der Waals surface area contributed by atoms with E-state index in [4.69, 9.17) is 33.5 Å². The van der Waals surface area contributed by atoms with Gasteiger partial charge in [-0.05, 0) is 94.8 Å². The minimum Gasteiger partial charge on any atom is -0.550 e. The summed E-state index contributed by atoms with van der Waals surface area (Å²) in [6.07, 6.45) is -11.1. The first-order valence-corrected chi connectivity index (χ1v) is 21.3. The molecular formula is C42H76N2O17-2. The van der Waals surface area contributed by atoms with Crippen molar-refractivity contribution in [2.75, 3.05) is 34.8 Å². The van der Waals surface area contributed by atoms with E-state index in [1.54, 1.807) is 41.5 Å². The zero-order valence-corrected chi connectivity index (χ0v) is 38.5. The number of methoxy groups -OCH3 is 1. The molecule has 358 valence electrons. The summed E-state index contributed by atoms with van der Waals surface area (Å²) in [7, 11) is 7.12. The summed E-state index contributed by atoms with van der Waals surface area (Å²) < 4.78 is 37.5. The highest BCUT2D eigenvalue weighted by atomic mass is 16.7. The number of cyclic esters (lactones) is 1. The third kappa shape index (κ3) is 14.2. The Labute approximate surface area is 361 Å². The summed E-state index contributed by atoms with van der Waals surface area (Å²) in [6, 6.07) is -0.808. The normalized spacial score (nSPS) is 44.1. The third-order valence-electron chi connectivity index (χ3n) is 12.8. The van der Waals surface area contributed by atoms with E-state index < -0.39 is 120 Å². The van der Waals surface area contributed by atoms with Crippen LogP contribution in [0.2, 0.25) is 0 Å². The number of likely N-dealkylation sites (N-methyl/N-ethyl adjacent to an activating group) is 2. The van der Waals surface area contributed by atoms with Gasteiger partial charge < -0.3 is 88.7 Å². The maximum atomic E-state index is 14.2. The molecule has 6 N–H and O–H groups in total. The number of nitrogens with zero attached hydrogens (tertiary/aromatic N) is 2. The van der Waals surface area contributed by atoms with Gasteiger partial charge in [-0.2, -0.15) is 0 Å². The van der Waals surface area contributed by atoms with Gasteiger partial charge in [0.1, 0.15) is 30.0 Å². The Balaban J connectivity index is 0.00000127. The van der Waals surface area contributed by atoms with Crippen molar-refractivity contribution in [3.8, 4) is 0 Å². The first-order chi connectivity index (χ1) is 27.9. The van der Waals surface area contributed by atoms with Crippen LogP contribution in [-0.2, 0) is 42.8 Å². The average Bonchev–Trinajstić information content (AvgIpc) is 3.15. The van der Waals surface area contributed by atoms with Crippen LogP contribution in [0.4, 0.5) is 0 Å². The zero-order chi connectivity index (χ0) is 47.1.